The highest BCUT2D eigenvalue weighted by Gasteiger charge is 2.23. The van der Waals surface area contributed by atoms with Crippen molar-refractivity contribution < 1.29 is 13.6 Å². The SMILES string of the molecule is O=C(NC[C@H](c1ccsc1)N1CCCCCC1)c1ccc(F)c(F)c1. The summed E-state index contributed by atoms with van der Waals surface area (Å²) >= 11 is 1.64. The van der Waals surface area contributed by atoms with Gasteiger partial charge < -0.3 is 5.32 Å². The molecule has 1 fully saturated rings. The van der Waals surface area contributed by atoms with Crippen LogP contribution in [0.5, 0.6) is 0 Å². The lowest BCUT2D eigenvalue weighted by Gasteiger charge is -2.30. The maximum absolute atomic E-state index is 13.3. The van der Waals surface area contributed by atoms with Gasteiger partial charge in [0.15, 0.2) is 11.6 Å². The molecule has 1 aromatic heterocycles. The Morgan fingerprint density at radius 3 is 2.52 bits per heavy atom. The number of benzene rings is 1. The molecule has 1 aliphatic heterocycles. The summed E-state index contributed by atoms with van der Waals surface area (Å²) in [6.45, 7) is 2.48. The monoisotopic (exact) mass is 364 g/mol. The summed E-state index contributed by atoms with van der Waals surface area (Å²) in [6.07, 6.45) is 4.82. The van der Waals surface area contributed by atoms with Crippen LogP contribution in [-0.2, 0) is 0 Å². The molecule has 2 aromatic rings. The van der Waals surface area contributed by atoms with Crippen molar-refractivity contribution in [2.24, 2.45) is 0 Å². The van der Waals surface area contributed by atoms with Crippen LogP contribution in [0.25, 0.3) is 0 Å². The smallest absolute Gasteiger partial charge is 0.251 e. The molecule has 0 saturated carbocycles. The maximum Gasteiger partial charge on any atom is 0.251 e. The number of carbonyl (C=O) groups excluding carboxylic acids is 1. The minimum absolute atomic E-state index is 0.110. The van der Waals surface area contributed by atoms with Gasteiger partial charge in [-0.05, 0) is 66.5 Å². The highest BCUT2D eigenvalue weighted by molar-refractivity contribution is 7.07. The van der Waals surface area contributed by atoms with Gasteiger partial charge in [0.1, 0.15) is 0 Å². The highest BCUT2D eigenvalue weighted by Crippen LogP contribution is 2.25. The number of nitrogens with one attached hydrogen (secondary N) is 1. The number of halogens is 2. The molecule has 0 unspecified atom stereocenters. The van der Waals surface area contributed by atoms with E-state index in [0.29, 0.717) is 6.54 Å². The molecule has 3 rings (SSSR count). The molecule has 1 amide bonds. The zero-order valence-electron chi connectivity index (χ0n) is 14.0. The fourth-order valence-electron chi connectivity index (χ4n) is 3.26. The molecule has 0 bridgehead atoms. The Labute approximate surface area is 150 Å². The van der Waals surface area contributed by atoms with Gasteiger partial charge in [-0.25, -0.2) is 8.78 Å². The average molecular weight is 364 g/mol. The Morgan fingerprint density at radius 1 is 1.12 bits per heavy atom. The molecule has 0 aliphatic carbocycles. The van der Waals surface area contributed by atoms with Crippen LogP contribution >= 0.6 is 11.3 Å². The van der Waals surface area contributed by atoms with Gasteiger partial charge in [-0.1, -0.05) is 12.8 Å². The van der Waals surface area contributed by atoms with E-state index in [1.165, 1.54) is 24.5 Å². The molecule has 25 heavy (non-hydrogen) atoms. The zero-order chi connectivity index (χ0) is 17.6. The van der Waals surface area contributed by atoms with Gasteiger partial charge in [-0.3, -0.25) is 9.69 Å². The van der Waals surface area contributed by atoms with Crippen LogP contribution in [0, 0.1) is 11.6 Å². The average Bonchev–Trinajstić information content (AvgIpc) is 3.00. The lowest BCUT2D eigenvalue weighted by Crippen LogP contribution is -2.38. The van der Waals surface area contributed by atoms with Crippen molar-refractivity contribution in [3.8, 4) is 0 Å². The van der Waals surface area contributed by atoms with Crippen molar-refractivity contribution in [1.29, 1.82) is 0 Å². The molecule has 1 aliphatic rings. The first kappa shape index (κ1) is 18.0. The zero-order valence-corrected chi connectivity index (χ0v) is 14.8. The molecule has 2 heterocycles. The third-order valence-electron chi connectivity index (χ3n) is 4.65. The van der Waals surface area contributed by atoms with Gasteiger partial charge in [0.2, 0.25) is 0 Å². The predicted octanol–water partition coefficient (Wildman–Crippen LogP) is 4.37. The third-order valence-corrected chi connectivity index (χ3v) is 5.35. The summed E-state index contributed by atoms with van der Waals surface area (Å²) in [7, 11) is 0. The summed E-state index contributed by atoms with van der Waals surface area (Å²) in [5.74, 6) is -2.33. The molecule has 134 valence electrons. The van der Waals surface area contributed by atoms with E-state index in [1.54, 1.807) is 11.3 Å². The standard InChI is InChI=1S/C19H22F2N2OS/c20-16-6-5-14(11-17(16)21)19(24)22-12-18(15-7-10-25-13-15)23-8-3-1-2-4-9-23/h5-7,10-11,13,18H,1-4,8-9,12H2,(H,22,24)/t18-/m1/s1. The molecule has 0 radical (unpaired) electrons. The van der Waals surface area contributed by atoms with Crippen molar-refractivity contribution in [2.75, 3.05) is 19.6 Å². The predicted molar refractivity (Wildman–Crippen MR) is 95.8 cm³/mol. The number of nitrogens with zero attached hydrogens (tertiary/aromatic N) is 1. The fraction of sp³-hybridized carbons (Fsp3) is 0.421. The van der Waals surface area contributed by atoms with E-state index < -0.39 is 11.6 Å². The van der Waals surface area contributed by atoms with Gasteiger partial charge in [0, 0.05) is 12.1 Å². The molecule has 1 N–H and O–H groups in total. The van der Waals surface area contributed by atoms with Crippen molar-refractivity contribution >= 4 is 17.2 Å². The van der Waals surface area contributed by atoms with Gasteiger partial charge in [0.25, 0.3) is 5.91 Å². The van der Waals surface area contributed by atoms with E-state index in [9.17, 15) is 13.6 Å². The van der Waals surface area contributed by atoms with Crippen molar-refractivity contribution in [1.82, 2.24) is 10.2 Å². The Hall–Kier alpha value is -1.79. The number of carbonyl (C=O) groups is 1. The summed E-state index contributed by atoms with van der Waals surface area (Å²) in [5, 5.41) is 7.04. The molecule has 1 atom stereocenters. The van der Waals surface area contributed by atoms with Crippen LogP contribution in [-0.4, -0.2) is 30.4 Å². The first-order chi connectivity index (χ1) is 12.1. The van der Waals surface area contributed by atoms with Crippen LogP contribution in [0.2, 0.25) is 0 Å². The largest absolute Gasteiger partial charge is 0.350 e. The number of hydrogen-bond donors (Lipinski definition) is 1. The quantitative estimate of drug-likeness (QED) is 0.854. The summed E-state index contributed by atoms with van der Waals surface area (Å²) in [5.41, 5.74) is 1.33. The Balaban J connectivity index is 1.69. The van der Waals surface area contributed by atoms with E-state index in [1.807, 2.05) is 5.38 Å². The fourth-order valence-corrected chi connectivity index (χ4v) is 3.97. The molecule has 1 aromatic carbocycles. The van der Waals surface area contributed by atoms with E-state index >= 15 is 0 Å². The summed E-state index contributed by atoms with van der Waals surface area (Å²) in [4.78, 5) is 14.7. The lowest BCUT2D eigenvalue weighted by molar-refractivity contribution is 0.0932. The number of hydrogen-bond acceptors (Lipinski definition) is 3. The second-order valence-corrected chi connectivity index (χ2v) is 7.14. The molecular formula is C19H22F2N2OS. The highest BCUT2D eigenvalue weighted by atomic mass is 32.1. The van der Waals surface area contributed by atoms with E-state index in [4.69, 9.17) is 0 Å². The third kappa shape index (κ3) is 4.64. The van der Waals surface area contributed by atoms with Crippen LogP contribution in [0.3, 0.4) is 0 Å². The molecule has 1 saturated heterocycles. The molecule has 0 spiro atoms. The minimum Gasteiger partial charge on any atom is -0.350 e. The van der Waals surface area contributed by atoms with Crippen LogP contribution in [0.1, 0.15) is 47.6 Å². The number of amides is 1. The van der Waals surface area contributed by atoms with Crippen LogP contribution in [0.15, 0.2) is 35.0 Å². The maximum atomic E-state index is 13.3. The Kier molecular flexibility index (Phi) is 6.15. The van der Waals surface area contributed by atoms with Gasteiger partial charge >= 0.3 is 0 Å². The minimum atomic E-state index is -1.01. The summed E-state index contributed by atoms with van der Waals surface area (Å²) in [6, 6.07) is 5.42. The number of thiophene rings is 1. The van der Waals surface area contributed by atoms with Gasteiger partial charge in [-0.2, -0.15) is 11.3 Å². The number of rotatable bonds is 5. The Morgan fingerprint density at radius 2 is 1.88 bits per heavy atom. The molecule has 6 heteroatoms. The number of likely N-dealkylation sites (tertiary alicyclic amines) is 1. The normalized spacial score (nSPS) is 17.0. The van der Waals surface area contributed by atoms with Gasteiger partial charge in [0.05, 0.1) is 6.04 Å². The summed E-state index contributed by atoms with van der Waals surface area (Å²) < 4.78 is 26.4. The first-order valence-corrected chi connectivity index (χ1v) is 9.59. The van der Waals surface area contributed by atoms with Crippen molar-refractivity contribution in [2.45, 2.75) is 31.7 Å². The lowest BCUT2D eigenvalue weighted by atomic mass is 10.1. The van der Waals surface area contributed by atoms with E-state index in [2.05, 4.69) is 21.7 Å². The molecule has 3 nitrogen and oxygen atoms in total. The van der Waals surface area contributed by atoms with Crippen molar-refractivity contribution in [3.63, 3.8) is 0 Å². The van der Waals surface area contributed by atoms with Crippen LogP contribution < -0.4 is 5.32 Å². The van der Waals surface area contributed by atoms with Crippen LogP contribution in [0.4, 0.5) is 8.78 Å². The second-order valence-electron chi connectivity index (χ2n) is 6.36. The Bertz CT molecular complexity index is 697. The van der Waals surface area contributed by atoms with E-state index in [-0.39, 0.29) is 17.5 Å². The second kappa shape index (κ2) is 8.54. The topological polar surface area (TPSA) is 32.3 Å². The van der Waals surface area contributed by atoms with Crippen molar-refractivity contribution in [3.05, 3.63) is 57.8 Å². The molecular weight excluding hydrogens is 342 g/mol. The van der Waals surface area contributed by atoms with Gasteiger partial charge in [-0.15, -0.1) is 0 Å². The van der Waals surface area contributed by atoms with E-state index in [0.717, 1.165) is 38.1 Å². The first-order valence-electron chi connectivity index (χ1n) is 8.64.